The number of hydrogen-bond acceptors (Lipinski definition) is 4. The molecule has 0 saturated heterocycles. The van der Waals surface area contributed by atoms with Crippen molar-refractivity contribution in [3.8, 4) is 5.75 Å². The zero-order valence-electron chi connectivity index (χ0n) is 11.6. The van der Waals surface area contributed by atoms with Crippen LogP contribution in [-0.4, -0.2) is 25.5 Å². The Labute approximate surface area is 137 Å². The Morgan fingerprint density at radius 1 is 1.05 bits per heavy atom. The zero-order chi connectivity index (χ0) is 16.1. The van der Waals surface area contributed by atoms with E-state index in [1.165, 1.54) is 25.3 Å². The Kier molecular flexibility index (Phi) is 5.41. The quantitative estimate of drug-likeness (QED) is 0.609. The van der Waals surface area contributed by atoms with Crippen molar-refractivity contribution < 1.29 is 19.1 Å². The van der Waals surface area contributed by atoms with Gasteiger partial charge in [-0.3, -0.25) is 4.79 Å². The second-order valence-electron chi connectivity index (χ2n) is 4.33. The predicted molar refractivity (Wildman–Crippen MR) is 84.1 cm³/mol. The van der Waals surface area contributed by atoms with E-state index >= 15 is 0 Å². The molecule has 4 nitrogen and oxygen atoms in total. The maximum atomic E-state index is 12.0. The van der Waals surface area contributed by atoms with Crippen molar-refractivity contribution in [3.05, 3.63) is 63.6 Å². The number of carbonyl (C=O) groups is 2. The first kappa shape index (κ1) is 16.3. The number of ketones is 1. The Hall–Kier alpha value is -2.04. The SMILES string of the molecule is COc1ccccc1C(=O)OCC(=O)c1ccc(Cl)c(Cl)c1. The summed E-state index contributed by atoms with van der Waals surface area (Å²) in [6, 6.07) is 11.1. The van der Waals surface area contributed by atoms with Crippen LogP contribution in [0.4, 0.5) is 0 Å². The number of benzene rings is 2. The minimum Gasteiger partial charge on any atom is -0.496 e. The summed E-state index contributed by atoms with van der Waals surface area (Å²) in [6.45, 7) is -0.394. The minimum atomic E-state index is -0.633. The largest absolute Gasteiger partial charge is 0.496 e. The molecule has 0 bridgehead atoms. The van der Waals surface area contributed by atoms with E-state index in [0.717, 1.165) is 0 Å². The minimum absolute atomic E-state index is 0.256. The second kappa shape index (κ2) is 7.29. The number of hydrogen-bond donors (Lipinski definition) is 0. The molecule has 0 unspecified atom stereocenters. The monoisotopic (exact) mass is 338 g/mol. The number of Topliss-reactive ketones (excluding diaryl/α,β-unsaturated/α-hetero) is 1. The van der Waals surface area contributed by atoms with Crippen molar-refractivity contribution >= 4 is 35.0 Å². The molecule has 0 aliphatic carbocycles. The molecular formula is C16H12Cl2O4. The molecule has 6 heteroatoms. The lowest BCUT2D eigenvalue weighted by atomic mass is 10.1. The molecule has 2 rings (SSSR count). The van der Waals surface area contributed by atoms with Gasteiger partial charge in [0.1, 0.15) is 11.3 Å². The molecule has 2 aromatic carbocycles. The fourth-order valence-electron chi connectivity index (χ4n) is 1.78. The van der Waals surface area contributed by atoms with Gasteiger partial charge < -0.3 is 9.47 Å². The molecule has 0 amide bonds. The van der Waals surface area contributed by atoms with Crippen LogP contribution in [0.3, 0.4) is 0 Å². The molecule has 22 heavy (non-hydrogen) atoms. The molecule has 0 heterocycles. The van der Waals surface area contributed by atoms with E-state index in [9.17, 15) is 9.59 Å². The van der Waals surface area contributed by atoms with Gasteiger partial charge in [0.05, 0.1) is 17.2 Å². The third-order valence-corrected chi connectivity index (χ3v) is 3.64. The highest BCUT2D eigenvalue weighted by molar-refractivity contribution is 6.42. The molecule has 0 N–H and O–H groups in total. The second-order valence-corrected chi connectivity index (χ2v) is 5.14. The number of halogens is 2. The van der Waals surface area contributed by atoms with Gasteiger partial charge in [-0.25, -0.2) is 4.79 Å². The van der Waals surface area contributed by atoms with Crippen LogP contribution in [0.1, 0.15) is 20.7 Å². The van der Waals surface area contributed by atoms with E-state index < -0.39 is 12.6 Å². The fraction of sp³-hybridized carbons (Fsp3) is 0.125. The molecule has 0 radical (unpaired) electrons. The summed E-state index contributed by atoms with van der Waals surface area (Å²) in [4.78, 5) is 24.0. The summed E-state index contributed by atoms with van der Waals surface area (Å²) in [6.07, 6.45) is 0. The number of para-hydroxylation sites is 1. The van der Waals surface area contributed by atoms with Gasteiger partial charge in [0.2, 0.25) is 0 Å². The van der Waals surface area contributed by atoms with Crippen molar-refractivity contribution in [2.75, 3.05) is 13.7 Å². The molecular weight excluding hydrogens is 327 g/mol. The maximum absolute atomic E-state index is 12.0. The van der Waals surface area contributed by atoms with Crippen molar-refractivity contribution in [2.24, 2.45) is 0 Å². The Bertz CT molecular complexity index is 713. The first-order chi connectivity index (χ1) is 10.5. The van der Waals surface area contributed by atoms with Crippen LogP contribution in [-0.2, 0) is 4.74 Å². The highest BCUT2D eigenvalue weighted by Gasteiger charge is 2.16. The Balaban J connectivity index is 2.04. The average molecular weight is 339 g/mol. The zero-order valence-corrected chi connectivity index (χ0v) is 13.1. The summed E-state index contributed by atoms with van der Waals surface area (Å²) in [5.74, 6) is -0.623. The lowest BCUT2D eigenvalue weighted by molar-refractivity contribution is 0.0471. The first-order valence-electron chi connectivity index (χ1n) is 6.31. The van der Waals surface area contributed by atoms with E-state index in [4.69, 9.17) is 32.7 Å². The number of rotatable bonds is 5. The van der Waals surface area contributed by atoms with E-state index in [-0.39, 0.29) is 16.4 Å². The van der Waals surface area contributed by atoms with Gasteiger partial charge in [-0.05, 0) is 30.3 Å². The molecule has 114 valence electrons. The van der Waals surface area contributed by atoms with Crippen molar-refractivity contribution in [1.82, 2.24) is 0 Å². The summed E-state index contributed by atoms with van der Waals surface area (Å²) < 4.78 is 10.1. The van der Waals surface area contributed by atoms with Crippen LogP contribution in [0, 0.1) is 0 Å². The first-order valence-corrected chi connectivity index (χ1v) is 7.07. The molecule has 2 aromatic rings. The Morgan fingerprint density at radius 3 is 2.45 bits per heavy atom. The van der Waals surface area contributed by atoms with Gasteiger partial charge in [0.15, 0.2) is 12.4 Å². The van der Waals surface area contributed by atoms with Crippen LogP contribution in [0.2, 0.25) is 10.0 Å². The third-order valence-electron chi connectivity index (χ3n) is 2.90. The van der Waals surface area contributed by atoms with Crippen molar-refractivity contribution in [1.29, 1.82) is 0 Å². The van der Waals surface area contributed by atoms with Crippen LogP contribution in [0.5, 0.6) is 5.75 Å². The van der Waals surface area contributed by atoms with Gasteiger partial charge in [-0.1, -0.05) is 35.3 Å². The van der Waals surface area contributed by atoms with Gasteiger partial charge in [0, 0.05) is 5.56 Å². The molecule has 0 aliphatic rings. The topological polar surface area (TPSA) is 52.6 Å². The normalized spacial score (nSPS) is 10.1. The van der Waals surface area contributed by atoms with E-state index in [1.54, 1.807) is 24.3 Å². The maximum Gasteiger partial charge on any atom is 0.342 e. The molecule has 0 aromatic heterocycles. The summed E-state index contributed by atoms with van der Waals surface area (Å²) in [5.41, 5.74) is 0.578. The van der Waals surface area contributed by atoms with Gasteiger partial charge in [-0.2, -0.15) is 0 Å². The molecule has 0 atom stereocenters. The average Bonchev–Trinajstić information content (AvgIpc) is 2.54. The third kappa shape index (κ3) is 3.78. The van der Waals surface area contributed by atoms with Crippen molar-refractivity contribution in [3.63, 3.8) is 0 Å². The van der Waals surface area contributed by atoms with E-state index in [1.807, 2.05) is 0 Å². The van der Waals surface area contributed by atoms with Crippen LogP contribution >= 0.6 is 23.2 Å². The van der Waals surface area contributed by atoms with Crippen molar-refractivity contribution in [2.45, 2.75) is 0 Å². The fourth-order valence-corrected chi connectivity index (χ4v) is 2.07. The molecule has 0 spiro atoms. The van der Waals surface area contributed by atoms with E-state index in [2.05, 4.69) is 0 Å². The number of methoxy groups -OCH3 is 1. The Morgan fingerprint density at radius 2 is 1.77 bits per heavy atom. The molecule has 0 fully saturated rings. The van der Waals surface area contributed by atoms with Gasteiger partial charge in [0.25, 0.3) is 0 Å². The van der Waals surface area contributed by atoms with Crippen LogP contribution in [0.15, 0.2) is 42.5 Å². The number of carbonyl (C=O) groups excluding carboxylic acids is 2. The van der Waals surface area contributed by atoms with Crippen LogP contribution < -0.4 is 4.74 Å². The smallest absolute Gasteiger partial charge is 0.342 e. The number of esters is 1. The molecule has 0 saturated carbocycles. The predicted octanol–water partition coefficient (Wildman–Crippen LogP) is 4.04. The molecule has 0 aliphatic heterocycles. The number of ether oxygens (including phenoxy) is 2. The van der Waals surface area contributed by atoms with Gasteiger partial charge in [-0.15, -0.1) is 0 Å². The van der Waals surface area contributed by atoms with Gasteiger partial charge >= 0.3 is 5.97 Å². The summed E-state index contributed by atoms with van der Waals surface area (Å²) in [7, 11) is 1.45. The summed E-state index contributed by atoms with van der Waals surface area (Å²) in [5, 5.41) is 0.618. The lowest BCUT2D eigenvalue weighted by Gasteiger charge is -2.08. The highest BCUT2D eigenvalue weighted by Crippen LogP contribution is 2.23. The van der Waals surface area contributed by atoms with E-state index in [0.29, 0.717) is 16.3 Å². The lowest BCUT2D eigenvalue weighted by Crippen LogP contribution is -2.15. The summed E-state index contributed by atoms with van der Waals surface area (Å²) >= 11 is 11.6. The standard InChI is InChI=1S/C16H12Cl2O4/c1-21-15-5-3-2-4-11(15)16(20)22-9-14(19)10-6-7-12(17)13(18)8-10/h2-8H,9H2,1H3. The highest BCUT2D eigenvalue weighted by atomic mass is 35.5. The van der Waals surface area contributed by atoms with Crippen LogP contribution in [0.25, 0.3) is 0 Å².